The molecule has 0 bridgehead atoms. The van der Waals surface area contributed by atoms with Crippen molar-refractivity contribution < 1.29 is 27.6 Å². The van der Waals surface area contributed by atoms with Gasteiger partial charge in [-0.1, -0.05) is 0 Å². The number of carbonyl (C=O) groups is 4. The summed E-state index contributed by atoms with van der Waals surface area (Å²) in [7, 11) is -0.696. The van der Waals surface area contributed by atoms with Gasteiger partial charge in [0.25, 0.3) is 5.91 Å². The number of hydrogen-bond donors (Lipinski definition) is 0. The Morgan fingerprint density at radius 2 is 1.40 bits per heavy atom. The molecule has 2 saturated heterocycles. The van der Waals surface area contributed by atoms with Gasteiger partial charge in [0.1, 0.15) is 6.54 Å². The van der Waals surface area contributed by atoms with Crippen molar-refractivity contribution in [2.75, 3.05) is 46.8 Å². The first-order valence-electron chi connectivity index (χ1n) is 9.54. The number of carbonyl (C=O) groups excluding carboxylic acids is 4. The number of rotatable bonds is 5. The van der Waals surface area contributed by atoms with Gasteiger partial charge in [-0.2, -0.15) is 0 Å². The van der Waals surface area contributed by atoms with E-state index in [1.165, 1.54) is 43.3 Å². The van der Waals surface area contributed by atoms with Crippen molar-refractivity contribution in [1.29, 1.82) is 0 Å². The van der Waals surface area contributed by atoms with Crippen LogP contribution in [0.5, 0.6) is 0 Å². The van der Waals surface area contributed by atoms with Gasteiger partial charge in [0, 0.05) is 58.7 Å². The predicted octanol–water partition coefficient (Wildman–Crippen LogP) is -0.630. The van der Waals surface area contributed by atoms with Crippen LogP contribution in [0.4, 0.5) is 0 Å². The Labute approximate surface area is 175 Å². The van der Waals surface area contributed by atoms with Gasteiger partial charge in [0.05, 0.1) is 4.90 Å². The zero-order chi connectivity index (χ0) is 22.1. The van der Waals surface area contributed by atoms with Crippen LogP contribution in [0.3, 0.4) is 0 Å². The van der Waals surface area contributed by atoms with Crippen molar-refractivity contribution in [3.05, 3.63) is 29.8 Å². The first-order valence-corrected chi connectivity index (χ1v) is 11.0. The molecule has 11 heteroatoms. The van der Waals surface area contributed by atoms with E-state index in [0.29, 0.717) is 31.7 Å². The second-order valence-electron chi connectivity index (χ2n) is 7.36. The minimum atomic E-state index is -3.57. The lowest BCUT2D eigenvalue weighted by atomic mass is 10.2. The van der Waals surface area contributed by atoms with Crippen LogP contribution in [0, 0.1) is 0 Å². The largest absolute Gasteiger partial charge is 0.338 e. The monoisotopic (exact) mass is 436 g/mol. The Balaban J connectivity index is 1.57. The highest BCUT2D eigenvalue weighted by atomic mass is 32.2. The SMILES string of the molecule is CN(C)S(=O)(=O)c1ccc(C(=O)N2CCN(C(=O)CN3C(=O)CCC3=O)CC2)cc1. The Hall–Kier alpha value is -2.79. The molecule has 30 heavy (non-hydrogen) atoms. The van der Waals surface area contributed by atoms with E-state index in [4.69, 9.17) is 0 Å². The lowest BCUT2D eigenvalue weighted by Crippen LogP contribution is -2.53. The molecular formula is C19H24N4O6S. The van der Waals surface area contributed by atoms with Crippen LogP contribution in [0.2, 0.25) is 0 Å². The molecule has 3 rings (SSSR count). The number of nitrogens with zero attached hydrogens (tertiary/aromatic N) is 4. The van der Waals surface area contributed by atoms with E-state index in [2.05, 4.69) is 0 Å². The molecule has 10 nitrogen and oxygen atoms in total. The summed E-state index contributed by atoms with van der Waals surface area (Å²) in [6, 6.07) is 5.74. The molecular weight excluding hydrogens is 412 g/mol. The van der Waals surface area contributed by atoms with Crippen molar-refractivity contribution in [2.45, 2.75) is 17.7 Å². The maximum atomic E-state index is 12.7. The smallest absolute Gasteiger partial charge is 0.253 e. The Morgan fingerprint density at radius 3 is 1.90 bits per heavy atom. The van der Waals surface area contributed by atoms with Crippen molar-refractivity contribution >= 4 is 33.7 Å². The summed E-state index contributed by atoms with van der Waals surface area (Å²) in [5.74, 6) is -1.23. The maximum absolute atomic E-state index is 12.7. The summed E-state index contributed by atoms with van der Waals surface area (Å²) in [6.45, 7) is 0.962. The number of amides is 4. The highest BCUT2D eigenvalue weighted by Crippen LogP contribution is 2.17. The van der Waals surface area contributed by atoms with Crippen LogP contribution in [0.1, 0.15) is 23.2 Å². The van der Waals surface area contributed by atoms with E-state index < -0.39 is 10.0 Å². The first-order chi connectivity index (χ1) is 14.1. The molecule has 2 aliphatic rings. The summed E-state index contributed by atoms with van der Waals surface area (Å²) in [5, 5.41) is 0. The van der Waals surface area contributed by atoms with E-state index in [0.717, 1.165) is 9.21 Å². The minimum Gasteiger partial charge on any atom is -0.338 e. The minimum absolute atomic E-state index is 0.102. The van der Waals surface area contributed by atoms with Gasteiger partial charge in [-0.25, -0.2) is 12.7 Å². The van der Waals surface area contributed by atoms with Gasteiger partial charge in [0.15, 0.2) is 0 Å². The van der Waals surface area contributed by atoms with Gasteiger partial charge in [-0.3, -0.25) is 24.1 Å². The second kappa shape index (κ2) is 8.52. The quantitative estimate of drug-likeness (QED) is 0.568. The van der Waals surface area contributed by atoms with Crippen LogP contribution in [-0.4, -0.2) is 97.9 Å². The van der Waals surface area contributed by atoms with Crippen molar-refractivity contribution in [2.24, 2.45) is 0 Å². The number of piperazine rings is 1. The average Bonchev–Trinajstić information content (AvgIpc) is 3.05. The summed E-state index contributed by atoms with van der Waals surface area (Å²) in [6.07, 6.45) is 0.284. The molecule has 1 aromatic carbocycles. The van der Waals surface area contributed by atoms with Crippen LogP contribution >= 0.6 is 0 Å². The Morgan fingerprint density at radius 1 is 0.900 bits per heavy atom. The fourth-order valence-corrected chi connectivity index (χ4v) is 4.26. The van der Waals surface area contributed by atoms with E-state index in [9.17, 15) is 27.6 Å². The molecule has 0 unspecified atom stereocenters. The fourth-order valence-electron chi connectivity index (χ4n) is 3.36. The predicted molar refractivity (Wildman–Crippen MR) is 106 cm³/mol. The number of hydrogen-bond acceptors (Lipinski definition) is 6. The second-order valence-corrected chi connectivity index (χ2v) is 9.51. The number of sulfonamides is 1. The molecule has 0 spiro atoms. The molecule has 2 heterocycles. The van der Waals surface area contributed by atoms with Gasteiger partial charge in [-0.15, -0.1) is 0 Å². The maximum Gasteiger partial charge on any atom is 0.253 e. The number of benzene rings is 1. The molecule has 0 saturated carbocycles. The highest BCUT2D eigenvalue weighted by molar-refractivity contribution is 7.89. The summed E-state index contributed by atoms with van der Waals surface area (Å²) < 4.78 is 25.4. The molecule has 0 radical (unpaired) electrons. The molecule has 0 atom stereocenters. The highest BCUT2D eigenvalue weighted by Gasteiger charge is 2.33. The zero-order valence-corrected chi connectivity index (χ0v) is 17.7. The topological polar surface area (TPSA) is 115 Å². The zero-order valence-electron chi connectivity index (χ0n) is 16.9. The van der Waals surface area contributed by atoms with Crippen molar-refractivity contribution in [3.63, 3.8) is 0 Å². The van der Waals surface area contributed by atoms with Gasteiger partial charge < -0.3 is 9.80 Å². The molecule has 2 fully saturated rings. The van der Waals surface area contributed by atoms with E-state index >= 15 is 0 Å². The van der Waals surface area contributed by atoms with Gasteiger partial charge in [-0.05, 0) is 24.3 Å². The van der Waals surface area contributed by atoms with Crippen LogP contribution in [0.25, 0.3) is 0 Å². The molecule has 0 aromatic heterocycles. The van der Waals surface area contributed by atoms with Crippen molar-refractivity contribution in [1.82, 2.24) is 19.0 Å². The summed E-state index contributed by atoms with van der Waals surface area (Å²) >= 11 is 0. The van der Waals surface area contributed by atoms with E-state index in [-0.39, 0.29) is 47.9 Å². The van der Waals surface area contributed by atoms with Crippen molar-refractivity contribution in [3.8, 4) is 0 Å². The van der Waals surface area contributed by atoms with Crippen LogP contribution in [0.15, 0.2) is 29.2 Å². The molecule has 0 N–H and O–H groups in total. The summed E-state index contributed by atoms with van der Waals surface area (Å²) in [4.78, 5) is 52.6. The Bertz CT molecular complexity index is 949. The van der Waals surface area contributed by atoms with Crippen LogP contribution < -0.4 is 0 Å². The molecule has 4 amide bonds. The van der Waals surface area contributed by atoms with Crippen LogP contribution in [-0.2, 0) is 24.4 Å². The normalized spacial score (nSPS) is 17.8. The number of likely N-dealkylation sites (tertiary alicyclic amines) is 1. The number of imide groups is 1. The third-order valence-electron chi connectivity index (χ3n) is 5.25. The molecule has 1 aromatic rings. The Kier molecular flexibility index (Phi) is 6.22. The average molecular weight is 436 g/mol. The first kappa shape index (κ1) is 21.9. The van der Waals surface area contributed by atoms with E-state index in [1.807, 2.05) is 0 Å². The standard InChI is InChI=1S/C19H24N4O6S/c1-20(2)30(28,29)15-5-3-14(4-6-15)19(27)22-11-9-21(10-12-22)18(26)13-23-16(24)7-8-17(23)25/h3-6H,7-13H2,1-2H3. The molecule has 2 aliphatic heterocycles. The lowest BCUT2D eigenvalue weighted by molar-refractivity contribution is -0.146. The fraction of sp³-hybridized carbons (Fsp3) is 0.474. The third-order valence-corrected chi connectivity index (χ3v) is 7.08. The van der Waals surface area contributed by atoms with E-state index in [1.54, 1.807) is 4.90 Å². The lowest BCUT2D eigenvalue weighted by Gasteiger charge is -2.35. The molecule has 162 valence electrons. The summed E-state index contributed by atoms with van der Waals surface area (Å²) in [5.41, 5.74) is 0.362. The molecule has 0 aliphatic carbocycles. The van der Waals surface area contributed by atoms with Gasteiger partial charge >= 0.3 is 0 Å². The third kappa shape index (κ3) is 4.36. The van der Waals surface area contributed by atoms with Gasteiger partial charge in [0.2, 0.25) is 27.7 Å².